The summed E-state index contributed by atoms with van der Waals surface area (Å²) in [6.07, 6.45) is 1.10. The van der Waals surface area contributed by atoms with Crippen molar-refractivity contribution in [3.8, 4) is 5.75 Å². The van der Waals surface area contributed by atoms with Crippen LogP contribution < -0.4 is 9.46 Å². The van der Waals surface area contributed by atoms with E-state index < -0.39 is 33.1 Å². The first-order chi connectivity index (χ1) is 21.0. The molecule has 4 fully saturated rings. The van der Waals surface area contributed by atoms with Crippen LogP contribution in [0.3, 0.4) is 0 Å². The third-order valence-electron chi connectivity index (χ3n) is 12.5. The number of carbonyl (C=O) groups is 1. The van der Waals surface area contributed by atoms with Gasteiger partial charge in [0.05, 0.1) is 18.8 Å². The van der Waals surface area contributed by atoms with E-state index in [9.17, 15) is 36.6 Å². The molecular weight excluding hydrogens is 611 g/mol. The van der Waals surface area contributed by atoms with Crippen LogP contribution in [0.1, 0.15) is 85.5 Å². The highest BCUT2D eigenvalue weighted by atomic mass is 32.2. The van der Waals surface area contributed by atoms with Crippen molar-refractivity contribution in [1.82, 2.24) is 4.72 Å². The number of ether oxygens (including phenoxy) is 2. The molecule has 0 heterocycles. The summed E-state index contributed by atoms with van der Waals surface area (Å²) in [5, 5.41) is 22.4. The highest BCUT2D eigenvalue weighted by Gasteiger charge is 2.64. The van der Waals surface area contributed by atoms with Crippen LogP contribution in [-0.4, -0.2) is 49.9 Å². The summed E-state index contributed by atoms with van der Waals surface area (Å²) in [6.45, 7) is 9.01. The van der Waals surface area contributed by atoms with E-state index in [-0.39, 0.29) is 47.4 Å². The minimum atomic E-state index is -5.11. The van der Waals surface area contributed by atoms with Gasteiger partial charge in [-0.15, -0.1) is 13.2 Å². The molecule has 8 nitrogen and oxygen atoms in total. The van der Waals surface area contributed by atoms with Crippen molar-refractivity contribution in [3.63, 3.8) is 0 Å². The molecule has 11 atom stereocenters. The zero-order valence-corrected chi connectivity index (χ0v) is 27.4. The van der Waals surface area contributed by atoms with E-state index in [1.807, 2.05) is 0 Å². The summed E-state index contributed by atoms with van der Waals surface area (Å²) in [5.74, 6) is 1.11. The molecule has 0 unspecified atom stereocenters. The Morgan fingerprint density at radius 3 is 2.40 bits per heavy atom. The first kappa shape index (κ1) is 34.3. The monoisotopic (exact) mass is 659 g/mol. The lowest BCUT2D eigenvalue weighted by Crippen LogP contribution is -2.62. The Bertz CT molecular complexity index is 1340. The molecule has 1 aromatic carbocycles. The largest absolute Gasteiger partial charge is 0.573 e. The van der Waals surface area contributed by atoms with Gasteiger partial charge in [-0.25, -0.2) is 17.9 Å². The second-order valence-electron chi connectivity index (χ2n) is 14.6. The number of carbonyl (C=O) groups excluding carboxylic acids is 1. The smallest absolute Gasteiger partial charge is 0.449 e. The quantitative estimate of drug-likeness (QED) is 0.286. The molecule has 3 N–H and O–H groups in total. The molecule has 4 saturated carbocycles. The topological polar surface area (TPSA) is 122 Å². The first-order valence-corrected chi connectivity index (χ1v) is 17.9. The van der Waals surface area contributed by atoms with Gasteiger partial charge in [-0.1, -0.05) is 46.2 Å². The number of aliphatic hydroxyl groups is 2. The fourth-order valence-corrected chi connectivity index (χ4v) is 11.6. The SMILES string of the molecule is CC[C@H]1[C@@H](O)[C@@H]2[C@H](CC[C@]3(C)[C@@H]([C@H](C)CCOC(=O)NS(=O)(=O)c4ccccc4OC(F)(F)F)CC[C@@H]23)[C@@]2(C)CC[C@@H](O)C[C@@H]12. The second-order valence-corrected chi connectivity index (χ2v) is 16.3. The van der Waals surface area contributed by atoms with Crippen molar-refractivity contribution in [3.05, 3.63) is 24.3 Å². The Labute approximate surface area is 264 Å². The van der Waals surface area contributed by atoms with Crippen LogP contribution in [0.2, 0.25) is 0 Å². The van der Waals surface area contributed by atoms with Crippen molar-refractivity contribution in [1.29, 1.82) is 0 Å². The van der Waals surface area contributed by atoms with Gasteiger partial charge < -0.3 is 19.7 Å². The number of fused-ring (bicyclic) bond motifs is 5. The number of sulfonamides is 1. The summed E-state index contributed by atoms with van der Waals surface area (Å²) < 4.78 is 74.3. The van der Waals surface area contributed by atoms with Gasteiger partial charge in [-0.05, 0) is 116 Å². The molecule has 0 bridgehead atoms. The molecule has 5 rings (SSSR count). The van der Waals surface area contributed by atoms with Crippen molar-refractivity contribution in [2.75, 3.05) is 6.61 Å². The molecule has 4 aliphatic rings. The summed E-state index contributed by atoms with van der Waals surface area (Å²) in [7, 11) is -4.68. The number of halogens is 3. The number of amides is 1. The van der Waals surface area contributed by atoms with Gasteiger partial charge in [-0.3, -0.25) is 0 Å². The summed E-state index contributed by atoms with van der Waals surface area (Å²) in [5.41, 5.74) is 0.140. The van der Waals surface area contributed by atoms with Crippen molar-refractivity contribution in [2.45, 2.75) is 109 Å². The van der Waals surface area contributed by atoms with E-state index in [2.05, 4.69) is 32.4 Å². The maximum atomic E-state index is 12.8. The number of rotatable bonds is 8. The fraction of sp³-hybridized carbons (Fsp3) is 0.788. The zero-order chi connectivity index (χ0) is 32.9. The molecule has 4 aliphatic carbocycles. The van der Waals surface area contributed by atoms with Gasteiger partial charge >= 0.3 is 12.5 Å². The molecule has 1 amide bonds. The van der Waals surface area contributed by atoms with E-state index in [1.54, 1.807) is 4.72 Å². The van der Waals surface area contributed by atoms with Crippen LogP contribution in [0.25, 0.3) is 0 Å². The number of hydrogen-bond acceptors (Lipinski definition) is 7. The lowest BCUT2D eigenvalue weighted by atomic mass is 9.41. The van der Waals surface area contributed by atoms with Crippen molar-refractivity contribution >= 4 is 16.1 Å². The lowest BCUT2D eigenvalue weighted by molar-refractivity contribution is -0.275. The minimum absolute atomic E-state index is 0.0189. The van der Waals surface area contributed by atoms with E-state index in [4.69, 9.17) is 4.74 Å². The van der Waals surface area contributed by atoms with Gasteiger partial charge in [0, 0.05) is 0 Å². The zero-order valence-electron chi connectivity index (χ0n) is 26.6. The molecule has 0 aromatic heterocycles. The number of nitrogens with one attached hydrogen (secondary N) is 1. The van der Waals surface area contributed by atoms with Gasteiger partial charge in [0.15, 0.2) is 0 Å². The van der Waals surface area contributed by atoms with Gasteiger partial charge in [-0.2, -0.15) is 0 Å². The fourth-order valence-electron chi connectivity index (χ4n) is 10.5. The minimum Gasteiger partial charge on any atom is -0.449 e. The van der Waals surface area contributed by atoms with Crippen LogP contribution >= 0.6 is 0 Å². The van der Waals surface area contributed by atoms with Gasteiger partial charge in [0.25, 0.3) is 10.0 Å². The molecule has 254 valence electrons. The molecule has 12 heteroatoms. The van der Waals surface area contributed by atoms with Crippen LogP contribution in [0.15, 0.2) is 29.2 Å². The van der Waals surface area contributed by atoms with E-state index >= 15 is 0 Å². The maximum absolute atomic E-state index is 12.8. The Kier molecular flexibility index (Phi) is 9.54. The third kappa shape index (κ3) is 6.44. The first-order valence-electron chi connectivity index (χ1n) is 16.4. The summed E-state index contributed by atoms with van der Waals surface area (Å²) >= 11 is 0. The highest BCUT2D eigenvalue weighted by molar-refractivity contribution is 7.90. The van der Waals surface area contributed by atoms with E-state index in [0.717, 1.165) is 63.5 Å². The number of hydrogen-bond donors (Lipinski definition) is 3. The number of aliphatic hydroxyl groups excluding tert-OH is 2. The van der Waals surface area contributed by atoms with Crippen molar-refractivity contribution < 1.29 is 46.1 Å². The van der Waals surface area contributed by atoms with Gasteiger partial charge in [0.1, 0.15) is 10.6 Å². The molecule has 1 aromatic rings. The predicted molar refractivity (Wildman–Crippen MR) is 160 cm³/mol. The average molecular weight is 660 g/mol. The third-order valence-corrected chi connectivity index (χ3v) is 13.9. The molecule has 0 saturated heterocycles. The maximum Gasteiger partial charge on any atom is 0.573 e. The number of para-hydroxylation sites is 1. The number of alkyl halides is 3. The standard InChI is InChI=1S/C33H48F3NO7S/c1-5-21-25-18-20(38)12-15-32(25,4)24-13-16-31(3)22(10-11-23(31)28(24)29(21)39)19(2)14-17-43-30(40)37-45(41,42)27-9-7-6-8-26(27)44-33(34,35)36/h6-9,19-25,28-29,38-39H,5,10-18H2,1-4H3,(H,37,40)/t19-,20-,21-,22-,23+,24+,25+,28+,29-,31-,32-/m1/s1. The Balaban J connectivity index is 1.21. The van der Waals surface area contributed by atoms with Crippen molar-refractivity contribution in [2.24, 2.45) is 52.3 Å². The average Bonchev–Trinajstić information content (AvgIpc) is 3.30. The van der Waals surface area contributed by atoms with Crippen LogP contribution in [0.5, 0.6) is 5.75 Å². The molecule has 45 heavy (non-hydrogen) atoms. The Hall–Kier alpha value is -2.05. The predicted octanol–water partition coefficient (Wildman–Crippen LogP) is 6.65. The Morgan fingerprint density at radius 2 is 1.71 bits per heavy atom. The normalized spacial score (nSPS) is 38.8. The summed E-state index contributed by atoms with van der Waals surface area (Å²) in [4.78, 5) is 11.6. The van der Waals surface area contributed by atoms with Crippen LogP contribution in [-0.2, 0) is 14.8 Å². The highest BCUT2D eigenvalue weighted by Crippen LogP contribution is 2.69. The van der Waals surface area contributed by atoms with E-state index in [1.165, 1.54) is 12.1 Å². The second kappa shape index (κ2) is 12.5. The van der Waals surface area contributed by atoms with E-state index in [0.29, 0.717) is 30.1 Å². The van der Waals surface area contributed by atoms with Crippen LogP contribution in [0.4, 0.5) is 18.0 Å². The van der Waals surface area contributed by atoms with Gasteiger partial charge in [0.2, 0.25) is 0 Å². The van der Waals surface area contributed by atoms with Crippen LogP contribution in [0, 0.1) is 52.3 Å². The molecular formula is C33H48F3NO7S. The molecule has 0 radical (unpaired) electrons. The molecule has 0 aliphatic heterocycles. The Morgan fingerprint density at radius 1 is 1.04 bits per heavy atom. The summed E-state index contributed by atoms with van der Waals surface area (Å²) in [6, 6.07) is 4.18. The molecule has 0 spiro atoms. The lowest BCUT2D eigenvalue weighted by Gasteiger charge is -2.64. The number of benzene rings is 1.